The van der Waals surface area contributed by atoms with E-state index in [1.54, 1.807) is 41.5 Å². The zero-order valence-electron chi connectivity index (χ0n) is 21.6. The van der Waals surface area contributed by atoms with Crippen LogP contribution in [0.15, 0.2) is 4.52 Å². The van der Waals surface area contributed by atoms with Crippen LogP contribution in [0, 0.1) is 0 Å². The van der Waals surface area contributed by atoms with Gasteiger partial charge in [0, 0.05) is 6.42 Å². The molecular formula is C22H36N6O6. The highest BCUT2D eigenvalue weighted by molar-refractivity contribution is 5.82. The molecule has 1 atom stereocenters. The predicted octanol–water partition coefficient (Wildman–Crippen LogP) is 3.47. The minimum absolute atomic E-state index is 0.0256. The smallest absolute Gasteiger partial charge is 0.408 e. The number of carbonyl (C=O) groups excluding carboxylic acids is 2. The highest BCUT2D eigenvalue weighted by Gasteiger charge is 2.33. The average Bonchev–Trinajstić information content (AvgIpc) is 3.25. The largest absolute Gasteiger partial charge is 0.473 e. The Morgan fingerprint density at radius 1 is 1.03 bits per heavy atom. The zero-order chi connectivity index (χ0) is 25.8. The molecule has 0 aliphatic carbocycles. The number of nitrogens with one attached hydrogen (secondary N) is 1. The highest BCUT2D eigenvalue weighted by Crippen LogP contribution is 2.31. The first kappa shape index (κ1) is 27.1. The minimum Gasteiger partial charge on any atom is -0.473 e. The first-order valence-corrected chi connectivity index (χ1v) is 11.2. The molecule has 12 heteroatoms. The molecule has 0 spiro atoms. The van der Waals surface area contributed by atoms with Crippen molar-refractivity contribution in [1.29, 1.82) is 0 Å². The summed E-state index contributed by atoms with van der Waals surface area (Å²) in [5, 5.41) is 19.0. The van der Waals surface area contributed by atoms with E-state index in [9.17, 15) is 9.59 Å². The van der Waals surface area contributed by atoms with E-state index in [0.29, 0.717) is 5.56 Å². The van der Waals surface area contributed by atoms with E-state index in [1.807, 2.05) is 27.7 Å². The van der Waals surface area contributed by atoms with E-state index in [-0.39, 0.29) is 36.0 Å². The van der Waals surface area contributed by atoms with Crippen LogP contribution >= 0.6 is 0 Å². The van der Waals surface area contributed by atoms with Crippen molar-refractivity contribution in [1.82, 2.24) is 30.7 Å². The number of ether oxygens (including phenoxy) is 3. The topological polar surface area (TPSA) is 143 Å². The van der Waals surface area contributed by atoms with Crippen molar-refractivity contribution >= 4 is 12.1 Å². The molecule has 0 aliphatic heterocycles. The monoisotopic (exact) mass is 480 g/mol. The molecule has 12 nitrogen and oxygen atoms in total. The van der Waals surface area contributed by atoms with Crippen LogP contribution in [0.4, 0.5) is 4.79 Å². The summed E-state index contributed by atoms with van der Waals surface area (Å²) in [4.78, 5) is 27.0. The average molecular weight is 481 g/mol. The summed E-state index contributed by atoms with van der Waals surface area (Å²) < 4.78 is 22.2. The second kappa shape index (κ2) is 10.4. The lowest BCUT2D eigenvalue weighted by Gasteiger charge is -2.26. The Bertz CT molecular complexity index is 983. The fourth-order valence-corrected chi connectivity index (χ4v) is 2.72. The molecule has 34 heavy (non-hydrogen) atoms. The summed E-state index contributed by atoms with van der Waals surface area (Å²) in [6, 6.07) is -1.15. The van der Waals surface area contributed by atoms with Crippen molar-refractivity contribution in [3.63, 3.8) is 0 Å². The van der Waals surface area contributed by atoms with E-state index in [1.165, 1.54) is 4.80 Å². The Labute approximate surface area is 199 Å². The van der Waals surface area contributed by atoms with Gasteiger partial charge in [-0.2, -0.15) is 4.80 Å². The second-order valence-corrected chi connectivity index (χ2v) is 10.4. The Hall–Kier alpha value is -3.18. The summed E-state index contributed by atoms with van der Waals surface area (Å²) in [5.41, 5.74) is -1.14. The lowest BCUT2D eigenvalue weighted by molar-refractivity contribution is -0.157. The molecule has 2 aromatic heterocycles. The van der Waals surface area contributed by atoms with Gasteiger partial charge in [0.1, 0.15) is 17.2 Å². The van der Waals surface area contributed by atoms with Crippen LogP contribution in [0.5, 0.6) is 5.88 Å². The van der Waals surface area contributed by atoms with Gasteiger partial charge in [0.2, 0.25) is 11.6 Å². The maximum Gasteiger partial charge on any atom is 0.408 e. The fourth-order valence-electron chi connectivity index (χ4n) is 2.72. The number of hydrogen-bond donors (Lipinski definition) is 1. The van der Waals surface area contributed by atoms with Crippen molar-refractivity contribution in [2.45, 2.75) is 105 Å². The number of aromatic nitrogens is 5. The van der Waals surface area contributed by atoms with E-state index in [2.05, 4.69) is 25.9 Å². The van der Waals surface area contributed by atoms with Crippen LogP contribution in [0.25, 0.3) is 11.6 Å². The summed E-state index contributed by atoms with van der Waals surface area (Å²) in [5.74, 6) is -0.137. The van der Waals surface area contributed by atoms with E-state index in [4.69, 9.17) is 18.7 Å². The van der Waals surface area contributed by atoms with Gasteiger partial charge in [-0.1, -0.05) is 0 Å². The molecule has 0 saturated carbocycles. The molecule has 2 aromatic rings. The van der Waals surface area contributed by atoms with E-state index in [0.717, 1.165) is 0 Å². The molecule has 2 heterocycles. The van der Waals surface area contributed by atoms with Crippen LogP contribution in [0.1, 0.15) is 80.8 Å². The van der Waals surface area contributed by atoms with E-state index >= 15 is 0 Å². The maximum absolute atomic E-state index is 13.0. The Morgan fingerprint density at radius 3 is 2.15 bits per heavy atom. The van der Waals surface area contributed by atoms with Gasteiger partial charge in [0.25, 0.3) is 5.88 Å². The molecule has 190 valence electrons. The van der Waals surface area contributed by atoms with Crippen molar-refractivity contribution in [3.8, 4) is 17.5 Å². The number of tetrazole rings is 1. The summed E-state index contributed by atoms with van der Waals surface area (Å²) in [7, 11) is 0. The van der Waals surface area contributed by atoms with Crippen LogP contribution in [0.2, 0.25) is 0 Å². The molecule has 0 saturated heterocycles. The first-order chi connectivity index (χ1) is 15.6. The maximum atomic E-state index is 13.0. The standard InChI is InChI=1S/C22H36N6O6/c1-12(2)28-25-17(24-27-28)16-14(18(26-34-16)31-13(3)4)11-15(19(29)32-21(5,6)7)23-20(30)33-22(8,9)10/h12-13,15H,11H2,1-10H3,(H,23,30). The third-order valence-corrected chi connectivity index (χ3v) is 3.98. The summed E-state index contributed by atoms with van der Waals surface area (Å²) in [6.07, 6.45) is -1.06. The first-order valence-electron chi connectivity index (χ1n) is 11.2. The van der Waals surface area contributed by atoms with Crippen LogP contribution in [-0.4, -0.2) is 60.8 Å². The third kappa shape index (κ3) is 7.99. The second-order valence-electron chi connectivity index (χ2n) is 10.4. The van der Waals surface area contributed by atoms with Crippen molar-refractivity contribution in [2.75, 3.05) is 0 Å². The zero-order valence-corrected chi connectivity index (χ0v) is 21.6. The Morgan fingerprint density at radius 2 is 1.65 bits per heavy atom. The summed E-state index contributed by atoms with van der Waals surface area (Å²) in [6.45, 7) is 17.9. The number of esters is 1. The number of rotatable bonds is 8. The molecule has 1 N–H and O–H groups in total. The molecule has 0 aliphatic rings. The molecule has 0 radical (unpaired) electrons. The lowest BCUT2D eigenvalue weighted by atomic mass is 10.1. The van der Waals surface area contributed by atoms with Crippen molar-refractivity contribution in [3.05, 3.63) is 5.56 Å². The van der Waals surface area contributed by atoms with Gasteiger partial charge in [0.15, 0.2) is 0 Å². The summed E-state index contributed by atoms with van der Waals surface area (Å²) >= 11 is 0. The normalized spacial score (nSPS) is 13.2. The van der Waals surface area contributed by atoms with Gasteiger partial charge in [-0.15, -0.1) is 10.2 Å². The van der Waals surface area contributed by atoms with Gasteiger partial charge in [-0.25, -0.2) is 9.59 Å². The molecule has 2 rings (SSSR count). The number of nitrogens with zero attached hydrogens (tertiary/aromatic N) is 5. The lowest BCUT2D eigenvalue weighted by Crippen LogP contribution is -2.47. The quantitative estimate of drug-likeness (QED) is 0.558. The number of amides is 1. The van der Waals surface area contributed by atoms with Gasteiger partial charge in [-0.05, 0) is 79.6 Å². The fraction of sp³-hybridized carbons (Fsp3) is 0.727. The van der Waals surface area contributed by atoms with Crippen LogP contribution in [-0.2, 0) is 20.7 Å². The van der Waals surface area contributed by atoms with Crippen LogP contribution in [0.3, 0.4) is 0 Å². The Balaban J connectivity index is 2.46. The SMILES string of the molecule is CC(C)Oc1noc(-c2nnn(C(C)C)n2)c1CC(NC(=O)OC(C)(C)C)C(=O)OC(C)(C)C. The van der Waals surface area contributed by atoms with Crippen LogP contribution < -0.4 is 10.1 Å². The molecular weight excluding hydrogens is 444 g/mol. The highest BCUT2D eigenvalue weighted by atomic mass is 16.6. The van der Waals surface area contributed by atoms with Crippen molar-refractivity contribution < 1.29 is 28.3 Å². The molecule has 0 aromatic carbocycles. The number of hydrogen-bond acceptors (Lipinski definition) is 10. The Kier molecular flexibility index (Phi) is 8.27. The van der Waals surface area contributed by atoms with E-state index < -0.39 is 29.3 Å². The molecule has 1 unspecified atom stereocenters. The number of alkyl carbamates (subject to hydrolysis) is 1. The molecule has 1 amide bonds. The van der Waals surface area contributed by atoms with Gasteiger partial charge < -0.3 is 24.1 Å². The van der Waals surface area contributed by atoms with Gasteiger partial charge in [-0.3, -0.25) is 0 Å². The van der Waals surface area contributed by atoms with Gasteiger partial charge in [0.05, 0.1) is 17.7 Å². The van der Waals surface area contributed by atoms with Crippen molar-refractivity contribution in [2.24, 2.45) is 0 Å². The minimum atomic E-state index is -1.12. The third-order valence-electron chi connectivity index (χ3n) is 3.98. The molecule has 0 bridgehead atoms. The predicted molar refractivity (Wildman–Crippen MR) is 122 cm³/mol. The van der Waals surface area contributed by atoms with Gasteiger partial charge >= 0.3 is 12.1 Å². The molecule has 0 fully saturated rings. The number of carbonyl (C=O) groups is 2.